The maximum absolute atomic E-state index is 5.46. The second kappa shape index (κ2) is 4.38. The lowest BCUT2D eigenvalue weighted by Gasteiger charge is -1.96. The van der Waals surface area contributed by atoms with Crippen LogP contribution in [0.4, 0.5) is 5.69 Å². The summed E-state index contributed by atoms with van der Waals surface area (Å²) in [7, 11) is 0. The largest absolute Gasteiger partial charge is 0.386 e. The minimum absolute atomic E-state index is 0.253. The Morgan fingerprint density at radius 3 is 2.50 bits per heavy atom. The molecule has 2 N–H and O–H groups in total. The number of hydrogen-bond donors (Lipinski definition) is 2. The smallest absolute Gasteiger partial charge is 0.115 e. The molecule has 1 aromatic rings. The fourth-order valence-electron chi connectivity index (χ4n) is 0.723. The van der Waals surface area contributed by atoms with Crippen LogP contribution in [0.5, 0.6) is 0 Å². The first kappa shape index (κ1) is 9.42. The number of aliphatic imine (C=N–C) groups is 1. The van der Waals surface area contributed by atoms with Gasteiger partial charge in [0.2, 0.25) is 0 Å². The monoisotopic (exact) mass is 200 g/mol. The Hall–Kier alpha value is -0.670. The second-order valence-electron chi connectivity index (χ2n) is 2.25. The summed E-state index contributed by atoms with van der Waals surface area (Å²) in [6.07, 6.45) is 0. The molecule has 1 rings (SSSR count). The van der Waals surface area contributed by atoms with Crippen molar-refractivity contribution >= 4 is 35.8 Å². The third-order valence-electron chi connectivity index (χ3n) is 1.26. The Balaban J connectivity index is 2.84. The topological polar surface area (TPSA) is 38.4 Å². The van der Waals surface area contributed by atoms with Crippen molar-refractivity contribution < 1.29 is 0 Å². The van der Waals surface area contributed by atoms with Crippen molar-refractivity contribution in [2.75, 3.05) is 5.88 Å². The number of nitrogens with zero attached hydrogens (tertiary/aromatic N) is 1. The van der Waals surface area contributed by atoms with Gasteiger partial charge in [0.05, 0.1) is 11.6 Å². The van der Waals surface area contributed by atoms with Gasteiger partial charge in [0.1, 0.15) is 5.84 Å². The summed E-state index contributed by atoms with van der Waals surface area (Å²) >= 11 is 9.60. The predicted molar refractivity (Wildman–Crippen MR) is 55.7 cm³/mol. The van der Waals surface area contributed by atoms with Crippen molar-refractivity contribution in [2.45, 2.75) is 4.90 Å². The first-order chi connectivity index (χ1) is 5.72. The van der Waals surface area contributed by atoms with Crippen molar-refractivity contribution in [3.8, 4) is 0 Å². The van der Waals surface area contributed by atoms with Crippen LogP contribution >= 0.6 is 24.2 Å². The average Bonchev–Trinajstić information content (AvgIpc) is 2.09. The zero-order valence-corrected chi connectivity index (χ0v) is 8.02. The van der Waals surface area contributed by atoms with Gasteiger partial charge in [0.25, 0.3) is 0 Å². The zero-order valence-electron chi connectivity index (χ0n) is 6.37. The molecule has 0 saturated heterocycles. The van der Waals surface area contributed by atoms with E-state index in [-0.39, 0.29) is 5.88 Å². The normalized spacial score (nSPS) is 11.7. The molecule has 0 radical (unpaired) electrons. The standard InChI is InChI=1S/C8H9ClN2S/c9-5-8(10)11-6-1-3-7(12)4-2-6/h1-4,12H,5H2,(H2,10,11). The summed E-state index contributed by atoms with van der Waals surface area (Å²) in [6, 6.07) is 7.37. The molecule has 0 aliphatic rings. The first-order valence-corrected chi connectivity index (χ1v) is 4.38. The van der Waals surface area contributed by atoms with E-state index in [0.717, 1.165) is 10.6 Å². The number of rotatable bonds is 2. The van der Waals surface area contributed by atoms with Crippen LogP contribution < -0.4 is 5.73 Å². The lowest BCUT2D eigenvalue weighted by atomic mass is 10.3. The van der Waals surface area contributed by atoms with E-state index >= 15 is 0 Å². The highest BCUT2D eigenvalue weighted by Gasteiger charge is 1.91. The summed E-state index contributed by atoms with van der Waals surface area (Å²) in [4.78, 5) is 4.95. The molecular weight excluding hydrogens is 192 g/mol. The molecule has 0 spiro atoms. The molecule has 0 amide bonds. The SMILES string of the molecule is NC(CCl)=Nc1ccc(S)cc1. The Morgan fingerprint density at radius 1 is 1.42 bits per heavy atom. The van der Waals surface area contributed by atoms with Gasteiger partial charge < -0.3 is 5.73 Å². The van der Waals surface area contributed by atoms with Gasteiger partial charge in [-0.2, -0.15) is 0 Å². The number of hydrogen-bond acceptors (Lipinski definition) is 2. The molecule has 12 heavy (non-hydrogen) atoms. The van der Waals surface area contributed by atoms with E-state index in [0.29, 0.717) is 5.84 Å². The van der Waals surface area contributed by atoms with Gasteiger partial charge in [0.15, 0.2) is 0 Å². The molecular formula is C8H9ClN2S. The molecule has 2 nitrogen and oxygen atoms in total. The molecule has 0 fully saturated rings. The Kier molecular flexibility index (Phi) is 3.44. The van der Waals surface area contributed by atoms with Gasteiger partial charge in [-0.15, -0.1) is 24.2 Å². The van der Waals surface area contributed by atoms with Crippen molar-refractivity contribution in [3.63, 3.8) is 0 Å². The summed E-state index contributed by atoms with van der Waals surface area (Å²) < 4.78 is 0. The van der Waals surface area contributed by atoms with Crippen LogP contribution in [0, 0.1) is 0 Å². The third-order valence-corrected chi connectivity index (χ3v) is 1.83. The average molecular weight is 201 g/mol. The summed E-state index contributed by atoms with van der Waals surface area (Å²) in [5, 5.41) is 0. The van der Waals surface area contributed by atoms with Gasteiger partial charge in [-0.1, -0.05) is 0 Å². The molecule has 0 aliphatic carbocycles. The minimum atomic E-state index is 0.253. The van der Waals surface area contributed by atoms with E-state index in [1.807, 2.05) is 24.3 Å². The first-order valence-electron chi connectivity index (χ1n) is 3.40. The van der Waals surface area contributed by atoms with Crippen molar-refractivity contribution in [1.29, 1.82) is 0 Å². The Bertz CT molecular complexity index is 282. The highest BCUT2D eigenvalue weighted by molar-refractivity contribution is 7.80. The van der Waals surface area contributed by atoms with Crippen LogP contribution in [0.1, 0.15) is 0 Å². The van der Waals surface area contributed by atoms with E-state index in [1.54, 1.807) is 0 Å². The molecule has 0 aliphatic heterocycles. The molecule has 64 valence electrons. The fraction of sp³-hybridized carbons (Fsp3) is 0.125. The number of thiol groups is 1. The van der Waals surface area contributed by atoms with E-state index < -0.39 is 0 Å². The number of halogens is 1. The van der Waals surface area contributed by atoms with E-state index in [1.165, 1.54) is 0 Å². The molecule has 0 unspecified atom stereocenters. The van der Waals surface area contributed by atoms with Gasteiger partial charge in [0, 0.05) is 4.90 Å². The Morgan fingerprint density at radius 2 is 2.00 bits per heavy atom. The van der Waals surface area contributed by atoms with E-state index in [4.69, 9.17) is 17.3 Å². The number of benzene rings is 1. The second-order valence-corrected chi connectivity index (χ2v) is 3.04. The van der Waals surface area contributed by atoms with Gasteiger partial charge in [-0.05, 0) is 24.3 Å². The van der Waals surface area contributed by atoms with Crippen LogP contribution in [0.3, 0.4) is 0 Å². The minimum Gasteiger partial charge on any atom is -0.386 e. The van der Waals surface area contributed by atoms with Crippen molar-refractivity contribution in [3.05, 3.63) is 24.3 Å². The van der Waals surface area contributed by atoms with Crippen LogP contribution in [0.15, 0.2) is 34.2 Å². The molecule has 1 aromatic carbocycles. The number of amidine groups is 1. The highest BCUT2D eigenvalue weighted by Crippen LogP contribution is 2.14. The van der Waals surface area contributed by atoms with Crippen molar-refractivity contribution in [2.24, 2.45) is 10.7 Å². The van der Waals surface area contributed by atoms with Gasteiger partial charge in [-0.25, -0.2) is 4.99 Å². The predicted octanol–water partition coefficient (Wildman–Crippen LogP) is 2.20. The molecule has 0 aromatic heterocycles. The maximum atomic E-state index is 5.46. The number of nitrogens with two attached hydrogens (primary N) is 1. The van der Waals surface area contributed by atoms with Crippen LogP contribution in [0.25, 0.3) is 0 Å². The third kappa shape index (κ3) is 2.75. The molecule has 0 bridgehead atoms. The van der Waals surface area contributed by atoms with Gasteiger partial charge in [-0.3, -0.25) is 0 Å². The van der Waals surface area contributed by atoms with E-state index in [9.17, 15) is 0 Å². The van der Waals surface area contributed by atoms with Crippen LogP contribution in [-0.2, 0) is 0 Å². The summed E-state index contributed by atoms with van der Waals surface area (Å²) in [5.74, 6) is 0.673. The highest BCUT2D eigenvalue weighted by atomic mass is 35.5. The molecule has 4 heteroatoms. The lowest BCUT2D eigenvalue weighted by molar-refractivity contribution is 1.40. The lowest BCUT2D eigenvalue weighted by Crippen LogP contribution is -2.12. The molecule has 0 atom stereocenters. The Labute approximate surface area is 81.9 Å². The molecule has 0 heterocycles. The van der Waals surface area contributed by atoms with Crippen LogP contribution in [0.2, 0.25) is 0 Å². The number of alkyl halides is 1. The zero-order chi connectivity index (χ0) is 8.97. The summed E-state index contributed by atoms with van der Waals surface area (Å²) in [5.41, 5.74) is 6.24. The maximum Gasteiger partial charge on any atom is 0.115 e. The molecule has 0 saturated carbocycles. The van der Waals surface area contributed by atoms with Gasteiger partial charge >= 0.3 is 0 Å². The summed E-state index contributed by atoms with van der Waals surface area (Å²) in [6.45, 7) is 0. The van der Waals surface area contributed by atoms with E-state index in [2.05, 4.69) is 17.6 Å². The fourth-order valence-corrected chi connectivity index (χ4v) is 0.932. The van der Waals surface area contributed by atoms with Crippen molar-refractivity contribution in [1.82, 2.24) is 0 Å². The quantitative estimate of drug-likeness (QED) is 0.327. The van der Waals surface area contributed by atoms with Crippen LogP contribution in [-0.4, -0.2) is 11.7 Å².